The molecule has 3 aromatic carbocycles. The highest BCUT2D eigenvalue weighted by atomic mass is 14.7. The summed E-state index contributed by atoms with van der Waals surface area (Å²) in [5.41, 5.74) is 7.71. The molecule has 0 aliphatic heterocycles. The first-order valence-corrected chi connectivity index (χ1v) is 10.4. The lowest BCUT2D eigenvalue weighted by Crippen LogP contribution is -1.82. The molecule has 0 fully saturated rings. The van der Waals surface area contributed by atoms with Gasteiger partial charge in [-0.3, -0.25) is 0 Å². The van der Waals surface area contributed by atoms with Crippen molar-refractivity contribution in [2.24, 2.45) is 0 Å². The van der Waals surface area contributed by atoms with Gasteiger partial charge >= 0.3 is 0 Å². The van der Waals surface area contributed by atoms with Gasteiger partial charge in [-0.2, -0.15) is 0 Å². The second kappa shape index (κ2) is 9.69. The van der Waals surface area contributed by atoms with E-state index in [0.29, 0.717) is 0 Å². The Hall–Kier alpha value is -3.97. The van der Waals surface area contributed by atoms with Crippen LogP contribution in [0.25, 0.3) is 35.2 Å². The molecule has 0 N–H and O–H groups in total. The molecule has 0 amide bonds. The van der Waals surface area contributed by atoms with Gasteiger partial charge in [0.15, 0.2) is 0 Å². The number of para-hydroxylation sites is 1. The number of rotatable bonds is 6. The Morgan fingerprint density at radius 3 is 2.16 bits per heavy atom. The summed E-state index contributed by atoms with van der Waals surface area (Å²) in [6, 6.07) is 29.1. The normalized spacial score (nSPS) is 11.8. The van der Waals surface area contributed by atoms with Gasteiger partial charge in [0.25, 0.3) is 0 Å². The lowest BCUT2D eigenvalue weighted by atomic mass is 10.1. The van der Waals surface area contributed by atoms with Crippen LogP contribution in [0.5, 0.6) is 0 Å². The molecule has 1 heterocycles. The Morgan fingerprint density at radius 1 is 0.677 bits per heavy atom. The van der Waals surface area contributed by atoms with Gasteiger partial charge in [0, 0.05) is 5.39 Å². The molecule has 0 unspecified atom stereocenters. The molecular weight excluding hydrogens is 374 g/mol. The highest BCUT2D eigenvalue weighted by molar-refractivity contribution is 5.80. The number of pyridine rings is 1. The van der Waals surface area contributed by atoms with Crippen molar-refractivity contribution in [2.75, 3.05) is 0 Å². The molecule has 0 aliphatic rings. The largest absolute Gasteiger partial charge is 0.248 e. The third-order valence-electron chi connectivity index (χ3n) is 5.16. The summed E-state index contributed by atoms with van der Waals surface area (Å²) >= 11 is 0. The van der Waals surface area contributed by atoms with E-state index in [4.69, 9.17) is 0 Å². The van der Waals surface area contributed by atoms with Gasteiger partial charge in [0.1, 0.15) is 0 Å². The van der Waals surface area contributed by atoms with E-state index >= 15 is 0 Å². The fraction of sp³-hybridized carbons (Fsp3) is 0.0333. The van der Waals surface area contributed by atoms with Gasteiger partial charge in [0.05, 0.1) is 11.2 Å². The third kappa shape index (κ3) is 5.55. The Kier molecular flexibility index (Phi) is 6.35. The molecular formula is C30H25N. The van der Waals surface area contributed by atoms with Gasteiger partial charge in [-0.1, -0.05) is 110 Å². The maximum atomic E-state index is 4.69. The average molecular weight is 400 g/mol. The van der Waals surface area contributed by atoms with Crippen molar-refractivity contribution in [1.29, 1.82) is 0 Å². The molecule has 0 spiro atoms. The molecule has 0 saturated heterocycles. The van der Waals surface area contributed by atoms with Crippen LogP contribution in [0, 0.1) is 6.92 Å². The van der Waals surface area contributed by atoms with Crippen LogP contribution in [0.1, 0.15) is 27.9 Å². The fourth-order valence-electron chi connectivity index (χ4n) is 3.30. The Labute approximate surface area is 184 Å². The quantitative estimate of drug-likeness (QED) is 0.299. The molecule has 4 aromatic rings. The average Bonchev–Trinajstić information content (AvgIpc) is 2.81. The standard InChI is InChI=1S/C30H25N/c1-23(12-19-27-8-4-3-7-24(27)2)11-13-25-14-16-26(17-15-25)18-21-29-22-20-28-9-5-6-10-30(28)31-29/h3-22H,1H2,2H3/b13-11+,19-12-,21-18+. The van der Waals surface area contributed by atoms with E-state index in [1.807, 2.05) is 36.4 Å². The lowest BCUT2D eigenvalue weighted by Gasteiger charge is -2.00. The number of fused-ring (bicyclic) bond motifs is 1. The van der Waals surface area contributed by atoms with E-state index in [9.17, 15) is 0 Å². The smallest absolute Gasteiger partial charge is 0.0709 e. The number of allylic oxidation sites excluding steroid dienone is 3. The maximum Gasteiger partial charge on any atom is 0.0709 e. The van der Waals surface area contributed by atoms with E-state index in [1.54, 1.807) is 0 Å². The van der Waals surface area contributed by atoms with Gasteiger partial charge in [0.2, 0.25) is 0 Å². The van der Waals surface area contributed by atoms with Gasteiger partial charge in [-0.15, -0.1) is 0 Å². The van der Waals surface area contributed by atoms with Crippen LogP contribution in [-0.4, -0.2) is 4.98 Å². The number of hydrogen-bond donors (Lipinski definition) is 0. The number of nitrogens with zero attached hydrogens (tertiary/aromatic N) is 1. The first-order valence-electron chi connectivity index (χ1n) is 10.4. The van der Waals surface area contributed by atoms with E-state index < -0.39 is 0 Å². The van der Waals surface area contributed by atoms with Crippen LogP contribution in [-0.2, 0) is 0 Å². The topological polar surface area (TPSA) is 12.9 Å². The second-order valence-corrected chi connectivity index (χ2v) is 7.53. The molecule has 1 aromatic heterocycles. The highest BCUT2D eigenvalue weighted by Gasteiger charge is 1.95. The SMILES string of the molecule is C=C(/C=C\c1ccccc1C)/C=C/c1ccc(/C=C/c2ccc3ccccc3n2)cc1. The zero-order valence-electron chi connectivity index (χ0n) is 17.7. The third-order valence-corrected chi connectivity index (χ3v) is 5.16. The Bertz CT molecular complexity index is 1290. The molecule has 31 heavy (non-hydrogen) atoms. The predicted molar refractivity (Wildman–Crippen MR) is 135 cm³/mol. The van der Waals surface area contributed by atoms with Crippen molar-refractivity contribution in [2.45, 2.75) is 6.92 Å². The molecule has 0 bridgehead atoms. The number of aryl methyl sites for hydroxylation is 1. The minimum Gasteiger partial charge on any atom is -0.248 e. The van der Waals surface area contributed by atoms with Crippen LogP contribution in [0.4, 0.5) is 0 Å². The van der Waals surface area contributed by atoms with Crippen LogP contribution >= 0.6 is 0 Å². The van der Waals surface area contributed by atoms with Crippen LogP contribution in [0.15, 0.2) is 109 Å². The predicted octanol–water partition coefficient (Wildman–Crippen LogP) is 8.00. The number of aromatic nitrogens is 1. The van der Waals surface area contributed by atoms with Crippen molar-refractivity contribution in [3.63, 3.8) is 0 Å². The summed E-state index contributed by atoms with van der Waals surface area (Å²) in [5, 5.41) is 1.16. The minimum absolute atomic E-state index is 0.958. The van der Waals surface area contributed by atoms with Crippen LogP contribution in [0.2, 0.25) is 0 Å². The zero-order valence-corrected chi connectivity index (χ0v) is 17.7. The Balaban J connectivity index is 1.38. The number of hydrogen-bond acceptors (Lipinski definition) is 1. The number of benzene rings is 3. The van der Waals surface area contributed by atoms with Gasteiger partial charge in [-0.05, 0) is 53.0 Å². The molecule has 1 heteroatoms. The molecule has 1 nitrogen and oxygen atoms in total. The first kappa shape index (κ1) is 20.3. The van der Waals surface area contributed by atoms with Crippen LogP contribution in [0.3, 0.4) is 0 Å². The molecule has 0 saturated carbocycles. The van der Waals surface area contributed by atoms with E-state index in [0.717, 1.165) is 33.3 Å². The fourth-order valence-corrected chi connectivity index (χ4v) is 3.30. The highest BCUT2D eigenvalue weighted by Crippen LogP contribution is 2.15. The summed E-state index contributed by atoms with van der Waals surface area (Å²) in [7, 11) is 0. The van der Waals surface area contributed by atoms with E-state index in [2.05, 4.69) is 103 Å². The molecule has 0 atom stereocenters. The molecule has 0 radical (unpaired) electrons. The second-order valence-electron chi connectivity index (χ2n) is 7.53. The molecule has 4 rings (SSSR count). The van der Waals surface area contributed by atoms with Crippen molar-refractivity contribution in [1.82, 2.24) is 4.98 Å². The van der Waals surface area contributed by atoms with Crippen molar-refractivity contribution < 1.29 is 0 Å². The van der Waals surface area contributed by atoms with Crippen molar-refractivity contribution >= 4 is 35.2 Å². The summed E-state index contributed by atoms with van der Waals surface area (Å²) in [4.78, 5) is 4.69. The minimum atomic E-state index is 0.958. The molecule has 150 valence electrons. The van der Waals surface area contributed by atoms with Gasteiger partial charge < -0.3 is 0 Å². The van der Waals surface area contributed by atoms with Crippen LogP contribution < -0.4 is 0 Å². The van der Waals surface area contributed by atoms with Crippen molar-refractivity contribution in [3.8, 4) is 0 Å². The maximum absolute atomic E-state index is 4.69. The van der Waals surface area contributed by atoms with Gasteiger partial charge in [-0.25, -0.2) is 4.98 Å². The summed E-state index contributed by atoms with van der Waals surface area (Å²) in [5.74, 6) is 0. The zero-order chi connectivity index (χ0) is 21.5. The van der Waals surface area contributed by atoms with E-state index in [1.165, 1.54) is 11.1 Å². The summed E-state index contributed by atoms with van der Waals surface area (Å²) in [6.45, 7) is 6.24. The lowest BCUT2D eigenvalue weighted by molar-refractivity contribution is 1.37. The summed E-state index contributed by atoms with van der Waals surface area (Å²) in [6.07, 6.45) is 12.4. The monoisotopic (exact) mass is 399 g/mol. The van der Waals surface area contributed by atoms with E-state index in [-0.39, 0.29) is 0 Å². The van der Waals surface area contributed by atoms with Crippen molar-refractivity contribution in [3.05, 3.63) is 137 Å². The summed E-state index contributed by atoms with van der Waals surface area (Å²) < 4.78 is 0. The molecule has 0 aliphatic carbocycles. The first-order chi connectivity index (χ1) is 15.2. The Morgan fingerprint density at radius 2 is 1.35 bits per heavy atom.